The lowest BCUT2D eigenvalue weighted by atomic mass is 10.0. The number of anilines is 1. The van der Waals surface area contributed by atoms with Gasteiger partial charge in [-0.3, -0.25) is 14.4 Å². The first-order valence-corrected chi connectivity index (χ1v) is 14.2. The number of carbonyl (C=O) groups excluding carboxylic acids is 3. The van der Waals surface area contributed by atoms with Crippen molar-refractivity contribution in [1.82, 2.24) is 19.8 Å². The number of aromatic nitrogens is 2. The van der Waals surface area contributed by atoms with Crippen molar-refractivity contribution in [3.8, 4) is 5.88 Å². The molecule has 0 aliphatic carbocycles. The number of hydrogen-bond acceptors (Lipinski definition) is 8. The smallest absolute Gasteiger partial charge is 0.313 e. The number of benzene rings is 1. The van der Waals surface area contributed by atoms with Crippen molar-refractivity contribution in [2.45, 2.75) is 39.0 Å². The van der Waals surface area contributed by atoms with Gasteiger partial charge in [-0.15, -0.1) is 11.3 Å². The summed E-state index contributed by atoms with van der Waals surface area (Å²) in [5.74, 6) is -1.65. The Hall–Kier alpha value is -3.57. The van der Waals surface area contributed by atoms with Crippen molar-refractivity contribution in [3.63, 3.8) is 0 Å². The molecule has 10 nitrogen and oxygen atoms in total. The molecule has 0 spiro atoms. The molecule has 3 amide bonds. The number of carbonyl (C=O) groups is 3. The van der Waals surface area contributed by atoms with Crippen LogP contribution in [0.25, 0.3) is 10.2 Å². The molecule has 2 aromatic heterocycles. The van der Waals surface area contributed by atoms with Gasteiger partial charge in [-0.05, 0) is 62.9 Å². The van der Waals surface area contributed by atoms with E-state index in [2.05, 4.69) is 44.5 Å². The normalized spacial score (nSPS) is 17.4. The number of hydrogen-bond donors (Lipinski definition) is 2. The maximum Gasteiger partial charge on any atom is 0.313 e. The van der Waals surface area contributed by atoms with E-state index in [1.807, 2.05) is 18.3 Å². The van der Waals surface area contributed by atoms with Gasteiger partial charge in [-0.2, -0.15) is 0 Å². The van der Waals surface area contributed by atoms with E-state index in [-0.39, 0.29) is 17.1 Å². The third-order valence-electron chi connectivity index (χ3n) is 6.89. The molecule has 1 atom stereocenters. The SMILES string of the molecule is COc1ncc(NC(=O)C(=O)N2CCCC(C)C2)cc1C(N)=O.c1ccc2sc(CCN3CCCC3)nc2c1. The highest BCUT2D eigenvalue weighted by atomic mass is 32.1. The van der Waals surface area contributed by atoms with E-state index in [0.717, 1.165) is 24.8 Å². The first kappa shape index (κ1) is 28.4. The van der Waals surface area contributed by atoms with Crippen molar-refractivity contribution in [2.75, 3.05) is 45.2 Å². The minimum atomic E-state index is -0.763. The van der Waals surface area contributed by atoms with Crippen molar-refractivity contribution >= 4 is 45.0 Å². The average Bonchev–Trinajstić information content (AvgIpc) is 3.61. The second-order valence-corrected chi connectivity index (χ2v) is 11.1. The Morgan fingerprint density at radius 1 is 1.15 bits per heavy atom. The zero-order valence-corrected chi connectivity index (χ0v) is 23.3. The Morgan fingerprint density at radius 3 is 2.62 bits per heavy atom. The molecule has 11 heteroatoms. The number of primary amides is 1. The minimum Gasteiger partial charge on any atom is -0.480 e. The summed E-state index contributed by atoms with van der Waals surface area (Å²) in [5.41, 5.74) is 6.63. The van der Waals surface area contributed by atoms with Crippen LogP contribution in [-0.4, -0.2) is 77.3 Å². The van der Waals surface area contributed by atoms with Crippen LogP contribution in [0, 0.1) is 5.92 Å². The number of thiazole rings is 1. The quantitative estimate of drug-likeness (QED) is 0.449. The Kier molecular flexibility index (Phi) is 9.83. The monoisotopic (exact) mass is 552 g/mol. The largest absolute Gasteiger partial charge is 0.480 e. The van der Waals surface area contributed by atoms with Crippen LogP contribution in [0.5, 0.6) is 5.88 Å². The summed E-state index contributed by atoms with van der Waals surface area (Å²) >= 11 is 1.84. The molecular formula is C28H36N6O4S. The van der Waals surface area contributed by atoms with Crippen LogP contribution in [-0.2, 0) is 16.0 Å². The molecule has 1 unspecified atom stereocenters. The van der Waals surface area contributed by atoms with Crippen LogP contribution in [0.15, 0.2) is 36.5 Å². The molecule has 0 bridgehead atoms. The fourth-order valence-corrected chi connectivity index (χ4v) is 5.80. The van der Waals surface area contributed by atoms with Gasteiger partial charge in [0.15, 0.2) is 0 Å². The summed E-state index contributed by atoms with van der Waals surface area (Å²) in [6, 6.07) is 9.74. The number of methoxy groups -OCH3 is 1. The van der Waals surface area contributed by atoms with Crippen molar-refractivity contribution in [1.29, 1.82) is 0 Å². The van der Waals surface area contributed by atoms with Gasteiger partial charge in [0.25, 0.3) is 5.91 Å². The van der Waals surface area contributed by atoms with E-state index in [1.165, 1.54) is 66.5 Å². The lowest BCUT2D eigenvalue weighted by Gasteiger charge is -2.30. The van der Waals surface area contributed by atoms with Gasteiger partial charge >= 0.3 is 11.8 Å². The third kappa shape index (κ3) is 7.73. The van der Waals surface area contributed by atoms with E-state index in [0.29, 0.717) is 19.0 Å². The topological polar surface area (TPSA) is 131 Å². The number of fused-ring (bicyclic) bond motifs is 1. The number of nitrogens with two attached hydrogens (primary N) is 1. The molecule has 2 saturated heterocycles. The van der Waals surface area contributed by atoms with E-state index < -0.39 is 17.7 Å². The number of pyridine rings is 1. The predicted octanol–water partition coefficient (Wildman–Crippen LogP) is 3.32. The van der Waals surface area contributed by atoms with Gasteiger partial charge in [-0.25, -0.2) is 9.97 Å². The van der Waals surface area contributed by atoms with Crippen molar-refractivity contribution in [3.05, 3.63) is 47.1 Å². The molecule has 1 aromatic carbocycles. The van der Waals surface area contributed by atoms with E-state index in [1.54, 1.807) is 0 Å². The molecular weight excluding hydrogens is 516 g/mol. The number of ether oxygens (including phenoxy) is 1. The predicted molar refractivity (Wildman–Crippen MR) is 152 cm³/mol. The zero-order chi connectivity index (χ0) is 27.8. The van der Waals surface area contributed by atoms with Gasteiger partial charge < -0.3 is 25.6 Å². The summed E-state index contributed by atoms with van der Waals surface area (Å²) in [7, 11) is 1.36. The highest BCUT2D eigenvalue weighted by Crippen LogP contribution is 2.23. The molecule has 2 fully saturated rings. The first-order chi connectivity index (χ1) is 18.8. The number of para-hydroxylation sites is 1. The van der Waals surface area contributed by atoms with Crippen LogP contribution >= 0.6 is 11.3 Å². The molecule has 39 heavy (non-hydrogen) atoms. The highest BCUT2D eigenvalue weighted by Gasteiger charge is 2.26. The molecule has 0 saturated carbocycles. The molecule has 208 valence electrons. The third-order valence-corrected chi connectivity index (χ3v) is 7.98. The first-order valence-electron chi connectivity index (χ1n) is 13.3. The fourth-order valence-electron chi connectivity index (χ4n) is 4.85. The van der Waals surface area contributed by atoms with Gasteiger partial charge in [0.05, 0.1) is 34.2 Å². The Balaban J connectivity index is 0.000000192. The Labute approximate surface area is 232 Å². The molecule has 3 aromatic rings. The van der Waals surface area contributed by atoms with E-state index in [4.69, 9.17) is 10.5 Å². The second-order valence-electron chi connectivity index (χ2n) is 9.97. The van der Waals surface area contributed by atoms with Crippen LogP contribution in [0.2, 0.25) is 0 Å². The Bertz CT molecular complexity index is 1270. The number of piperidine rings is 1. The lowest BCUT2D eigenvalue weighted by molar-refractivity contribution is -0.144. The van der Waals surface area contributed by atoms with Gasteiger partial charge in [0.1, 0.15) is 5.56 Å². The molecule has 2 aliphatic heterocycles. The maximum absolute atomic E-state index is 12.2. The molecule has 3 N–H and O–H groups in total. The number of amides is 3. The van der Waals surface area contributed by atoms with E-state index >= 15 is 0 Å². The highest BCUT2D eigenvalue weighted by molar-refractivity contribution is 7.18. The summed E-state index contributed by atoms with van der Waals surface area (Å²) in [4.78, 5) is 48.2. The number of nitrogens with one attached hydrogen (secondary N) is 1. The van der Waals surface area contributed by atoms with Crippen molar-refractivity contribution in [2.24, 2.45) is 11.7 Å². The van der Waals surface area contributed by atoms with Gasteiger partial charge in [0.2, 0.25) is 5.88 Å². The zero-order valence-electron chi connectivity index (χ0n) is 22.5. The maximum atomic E-state index is 12.2. The average molecular weight is 553 g/mol. The van der Waals surface area contributed by atoms with Gasteiger partial charge in [0, 0.05) is 26.1 Å². The summed E-state index contributed by atoms with van der Waals surface area (Å²) in [6.07, 6.45) is 7.10. The lowest BCUT2D eigenvalue weighted by Crippen LogP contribution is -2.44. The van der Waals surface area contributed by atoms with Crippen LogP contribution < -0.4 is 15.8 Å². The number of rotatable bonds is 6. The molecule has 4 heterocycles. The van der Waals surface area contributed by atoms with Crippen LogP contribution in [0.3, 0.4) is 0 Å². The van der Waals surface area contributed by atoms with E-state index in [9.17, 15) is 14.4 Å². The molecule has 0 radical (unpaired) electrons. The summed E-state index contributed by atoms with van der Waals surface area (Å²) in [5, 5.41) is 3.73. The van der Waals surface area contributed by atoms with Gasteiger partial charge in [-0.1, -0.05) is 19.1 Å². The number of likely N-dealkylation sites (tertiary alicyclic amines) is 2. The Morgan fingerprint density at radius 2 is 1.92 bits per heavy atom. The van der Waals surface area contributed by atoms with Crippen LogP contribution in [0.4, 0.5) is 5.69 Å². The van der Waals surface area contributed by atoms with Crippen LogP contribution in [0.1, 0.15) is 48.0 Å². The molecule has 5 rings (SSSR count). The summed E-state index contributed by atoms with van der Waals surface area (Å²) in [6.45, 7) is 6.93. The summed E-state index contributed by atoms with van der Waals surface area (Å²) < 4.78 is 6.24. The molecule has 2 aliphatic rings. The van der Waals surface area contributed by atoms with Crippen molar-refractivity contribution < 1.29 is 19.1 Å². The fraction of sp³-hybridized carbons (Fsp3) is 0.464. The minimum absolute atomic E-state index is 0.0318. The standard InChI is InChI=1S/C15H20N4O4.C13H16N2S/c1-9-4-3-5-19(8-9)15(22)13(21)18-10-6-11(12(16)20)14(23-2)17-7-10;1-2-6-12-11(5-1)14-13(16-12)7-10-15-8-3-4-9-15/h6-7,9H,3-5,8H2,1-2H3,(H2,16,20)(H,18,21);1-2,5-6H,3-4,7-10H2. The second kappa shape index (κ2) is 13.5. The number of nitrogens with zero attached hydrogens (tertiary/aromatic N) is 4.